The first-order valence-electron chi connectivity index (χ1n) is 9.67. The van der Waals surface area contributed by atoms with Gasteiger partial charge in [0.05, 0.1) is 24.1 Å². The van der Waals surface area contributed by atoms with E-state index in [2.05, 4.69) is 10.4 Å². The van der Waals surface area contributed by atoms with Crippen LogP contribution in [0.15, 0.2) is 46.9 Å². The van der Waals surface area contributed by atoms with Gasteiger partial charge in [0.15, 0.2) is 5.76 Å². The molecule has 2 aromatic heterocycles. The van der Waals surface area contributed by atoms with Crippen LogP contribution < -0.4 is 5.32 Å². The van der Waals surface area contributed by atoms with Gasteiger partial charge in [0, 0.05) is 12.1 Å². The Morgan fingerprint density at radius 3 is 2.38 bits per heavy atom. The van der Waals surface area contributed by atoms with Gasteiger partial charge in [0.1, 0.15) is 23.3 Å². The van der Waals surface area contributed by atoms with Crippen molar-refractivity contribution in [1.29, 1.82) is 0 Å². The van der Waals surface area contributed by atoms with Crippen molar-refractivity contribution in [3.05, 3.63) is 81.1 Å². The van der Waals surface area contributed by atoms with Gasteiger partial charge in [0.2, 0.25) is 0 Å². The van der Waals surface area contributed by atoms with Crippen LogP contribution in [-0.2, 0) is 6.54 Å². The number of carbonyl (C=O) groups is 1. The topological polar surface area (TPSA) is 144 Å². The number of hydrogen-bond donors (Lipinski definition) is 3. The number of aliphatic hydroxyl groups is 2. The Bertz CT molecular complexity index is 1150. The third-order valence-corrected chi connectivity index (χ3v) is 4.81. The quantitative estimate of drug-likeness (QED) is 0.227. The number of nitrogens with zero attached hydrogens (tertiary/aromatic N) is 3. The minimum Gasteiger partial charge on any atom is -0.454 e. The van der Waals surface area contributed by atoms with E-state index in [-0.39, 0.29) is 22.8 Å². The molecule has 34 heavy (non-hydrogen) atoms. The Kier molecular flexibility index (Phi) is 7.63. The fourth-order valence-corrected chi connectivity index (χ4v) is 3.08. The number of nitrogens with one attached hydrogen (secondary N) is 1. The number of nitro benzene ring substituents is 1. The van der Waals surface area contributed by atoms with E-state index in [1.54, 1.807) is 0 Å². The summed E-state index contributed by atoms with van der Waals surface area (Å²) in [7, 11) is 0. The molecule has 0 bridgehead atoms. The summed E-state index contributed by atoms with van der Waals surface area (Å²) in [4.78, 5) is 22.6. The zero-order valence-corrected chi connectivity index (χ0v) is 17.1. The first-order valence-corrected chi connectivity index (χ1v) is 9.67. The fourth-order valence-electron chi connectivity index (χ4n) is 3.08. The average Bonchev–Trinajstić information content (AvgIpc) is 3.45. The Morgan fingerprint density at radius 2 is 1.82 bits per heavy atom. The minimum absolute atomic E-state index is 0.0348. The van der Waals surface area contributed by atoms with Crippen molar-refractivity contribution in [2.75, 3.05) is 6.61 Å². The highest BCUT2D eigenvalue weighted by molar-refractivity contribution is 5.91. The van der Waals surface area contributed by atoms with Crippen LogP contribution >= 0.6 is 0 Å². The number of furan rings is 1. The van der Waals surface area contributed by atoms with E-state index in [0.29, 0.717) is 10.7 Å². The lowest BCUT2D eigenvalue weighted by atomic mass is 10.0. The summed E-state index contributed by atoms with van der Waals surface area (Å²) in [5.74, 6) is -1.20. The zero-order chi connectivity index (χ0) is 25.0. The van der Waals surface area contributed by atoms with Crippen LogP contribution in [0.2, 0.25) is 0 Å². The normalized spacial score (nSPS) is 13.3. The molecule has 0 aliphatic carbocycles. The molecule has 3 rings (SSSR count). The third-order valence-electron chi connectivity index (χ3n) is 4.81. The number of halogens is 4. The highest BCUT2D eigenvalue weighted by atomic mass is 19.3. The summed E-state index contributed by atoms with van der Waals surface area (Å²) in [6.45, 7) is -1.15. The van der Waals surface area contributed by atoms with Gasteiger partial charge in [-0.1, -0.05) is 0 Å². The van der Waals surface area contributed by atoms with Gasteiger partial charge in [-0.05, 0) is 35.9 Å². The zero-order valence-electron chi connectivity index (χ0n) is 17.1. The molecule has 0 saturated carbocycles. The summed E-state index contributed by atoms with van der Waals surface area (Å²) in [5, 5.41) is 36.5. The monoisotopic (exact) mass is 486 g/mol. The Hall–Kier alpha value is -3.78. The van der Waals surface area contributed by atoms with Crippen molar-refractivity contribution >= 4 is 11.6 Å². The second-order valence-corrected chi connectivity index (χ2v) is 7.08. The highest BCUT2D eigenvalue weighted by Crippen LogP contribution is 2.26. The Morgan fingerprint density at radius 1 is 1.15 bits per heavy atom. The lowest BCUT2D eigenvalue weighted by molar-refractivity contribution is -0.384. The molecule has 0 saturated heterocycles. The van der Waals surface area contributed by atoms with Gasteiger partial charge in [-0.15, -0.1) is 0 Å². The molecule has 1 aromatic carbocycles. The maximum absolute atomic E-state index is 13.1. The van der Waals surface area contributed by atoms with E-state index in [4.69, 9.17) is 4.42 Å². The first kappa shape index (κ1) is 24.9. The molecule has 0 fully saturated rings. The van der Waals surface area contributed by atoms with Crippen molar-refractivity contribution in [2.45, 2.75) is 31.5 Å². The van der Waals surface area contributed by atoms with Crippen molar-refractivity contribution in [3.63, 3.8) is 0 Å². The standard InChI is InChI=1S/C20H18F4N4O6/c21-18(22)13-7-15(19(23)24)27(26-13)8-12-5-6-16(34-12)20(31)25-14(9-29)17(30)10-1-3-11(4-2-10)28(32)33/h1-7,14,17-19,29-30H,8-9H2,(H,25,31). The van der Waals surface area contributed by atoms with Gasteiger partial charge in [-0.3, -0.25) is 19.6 Å². The van der Waals surface area contributed by atoms with Gasteiger partial charge >= 0.3 is 0 Å². The van der Waals surface area contributed by atoms with Crippen LogP contribution in [0.3, 0.4) is 0 Å². The van der Waals surface area contributed by atoms with E-state index in [0.717, 1.165) is 12.1 Å². The van der Waals surface area contributed by atoms with Crippen LogP contribution in [0.4, 0.5) is 23.2 Å². The third kappa shape index (κ3) is 5.58. The summed E-state index contributed by atoms with van der Waals surface area (Å²) in [6.07, 6.45) is -7.53. The molecule has 2 unspecified atom stereocenters. The average molecular weight is 486 g/mol. The van der Waals surface area contributed by atoms with E-state index in [1.807, 2.05) is 0 Å². The predicted octanol–water partition coefficient (Wildman–Crippen LogP) is 3.13. The number of aliphatic hydroxyl groups excluding tert-OH is 2. The van der Waals surface area contributed by atoms with Crippen molar-refractivity contribution in [1.82, 2.24) is 15.1 Å². The number of hydrogen-bond acceptors (Lipinski definition) is 7. The molecule has 0 aliphatic heterocycles. The molecule has 0 spiro atoms. The molecule has 0 aliphatic rings. The van der Waals surface area contributed by atoms with Crippen molar-refractivity contribution in [3.8, 4) is 0 Å². The van der Waals surface area contributed by atoms with Gasteiger partial charge in [-0.25, -0.2) is 17.6 Å². The molecule has 3 N–H and O–H groups in total. The molecule has 1 amide bonds. The number of amides is 1. The molecular formula is C20H18F4N4O6. The molecule has 10 nitrogen and oxygen atoms in total. The maximum Gasteiger partial charge on any atom is 0.287 e. The molecule has 2 atom stereocenters. The van der Waals surface area contributed by atoms with Crippen LogP contribution in [0.1, 0.15) is 52.2 Å². The van der Waals surface area contributed by atoms with Crippen LogP contribution in [0.25, 0.3) is 0 Å². The predicted molar refractivity (Wildman–Crippen MR) is 106 cm³/mol. The van der Waals surface area contributed by atoms with Crippen LogP contribution in [0, 0.1) is 10.1 Å². The molecule has 182 valence electrons. The lowest BCUT2D eigenvalue weighted by Gasteiger charge is -2.22. The SMILES string of the molecule is O=C(NC(CO)C(O)c1ccc([N+](=O)[O-])cc1)c1ccc(Cn2nc(C(F)F)cc2C(F)F)o1. The second kappa shape index (κ2) is 10.4. The van der Waals surface area contributed by atoms with E-state index in [1.165, 1.54) is 24.3 Å². The highest BCUT2D eigenvalue weighted by Gasteiger charge is 2.26. The molecule has 14 heteroatoms. The molecular weight excluding hydrogens is 468 g/mol. The molecule has 0 radical (unpaired) electrons. The number of non-ortho nitro benzene ring substituents is 1. The summed E-state index contributed by atoms with van der Waals surface area (Å²) >= 11 is 0. The molecule has 2 heterocycles. The number of benzene rings is 1. The van der Waals surface area contributed by atoms with E-state index < -0.39 is 60.4 Å². The largest absolute Gasteiger partial charge is 0.454 e. The Balaban J connectivity index is 1.70. The van der Waals surface area contributed by atoms with Crippen molar-refractivity contribution < 1.29 is 41.9 Å². The van der Waals surface area contributed by atoms with Gasteiger partial charge in [-0.2, -0.15) is 5.10 Å². The fraction of sp³-hybridized carbons (Fsp3) is 0.300. The summed E-state index contributed by atoms with van der Waals surface area (Å²) in [5.41, 5.74) is -1.59. The Labute approximate surface area is 188 Å². The number of carbonyl (C=O) groups excluding carboxylic acids is 1. The lowest BCUT2D eigenvalue weighted by Crippen LogP contribution is -2.41. The van der Waals surface area contributed by atoms with Crippen LogP contribution in [-0.4, -0.2) is 43.5 Å². The minimum atomic E-state index is -3.07. The first-order chi connectivity index (χ1) is 16.1. The summed E-state index contributed by atoms with van der Waals surface area (Å²) in [6, 6.07) is 6.64. The van der Waals surface area contributed by atoms with E-state index in [9.17, 15) is 42.7 Å². The number of nitro groups is 1. The number of alkyl halides is 4. The summed E-state index contributed by atoms with van der Waals surface area (Å²) < 4.78 is 57.8. The van der Waals surface area contributed by atoms with Crippen molar-refractivity contribution in [2.24, 2.45) is 0 Å². The smallest absolute Gasteiger partial charge is 0.287 e. The van der Waals surface area contributed by atoms with Crippen LogP contribution in [0.5, 0.6) is 0 Å². The second-order valence-electron chi connectivity index (χ2n) is 7.08. The van der Waals surface area contributed by atoms with E-state index >= 15 is 0 Å². The maximum atomic E-state index is 13.1. The molecule has 3 aromatic rings. The van der Waals surface area contributed by atoms with Gasteiger partial charge in [0.25, 0.3) is 24.4 Å². The number of rotatable bonds is 10. The van der Waals surface area contributed by atoms with Gasteiger partial charge < -0.3 is 19.9 Å². The number of aromatic nitrogens is 2.